The SMILES string of the molecule is COc1ccc(C(=O)CC[NH+](C)C)cc1. The molecule has 1 N–H and O–H groups in total. The Kier molecular flexibility index (Phi) is 4.31. The van der Waals surface area contributed by atoms with E-state index in [1.54, 1.807) is 7.11 Å². The van der Waals surface area contributed by atoms with Gasteiger partial charge in [-0.15, -0.1) is 0 Å². The highest BCUT2D eigenvalue weighted by Gasteiger charge is 2.07. The number of Topliss-reactive ketones (excluding diaryl/α,β-unsaturated/α-hetero) is 1. The van der Waals surface area contributed by atoms with E-state index in [2.05, 4.69) is 0 Å². The molecule has 0 saturated carbocycles. The highest BCUT2D eigenvalue weighted by atomic mass is 16.5. The molecule has 0 bridgehead atoms. The Bertz CT molecular complexity index is 317. The van der Waals surface area contributed by atoms with Crippen molar-refractivity contribution in [2.75, 3.05) is 27.7 Å². The van der Waals surface area contributed by atoms with Crippen LogP contribution in [-0.4, -0.2) is 33.5 Å². The Balaban J connectivity index is 2.58. The van der Waals surface area contributed by atoms with E-state index in [-0.39, 0.29) is 5.78 Å². The summed E-state index contributed by atoms with van der Waals surface area (Å²) in [6.07, 6.45) is 0.592. The van der Waals surface area contributed by atoms with Crippen molar-refractivity contribution >= 4 is 5.78 Å². The Morgan fingerprint density at radius 1 is 1.27 bits per heavy atom. The number of rotatable bonds is 5. The van der Waals surface area contributed by atoms with Crippen molar-refractivity contribution in [1.29, 1.82) is 0 Å². The molecule has 1 aromatic carbocycles. The van der Waals surface area contributed by atoms with Gasteiger partial charge >= 0.3 is 0 Å². The van der Waals surface area contributed by atoms with Crippen LogP contribution in [0.15, 0.2) is 24.3 Å². The molecule has 82 valence electrons. The molecule has 0 fully saturated rings. The minimum atomic E-state index is 0.193. The van der Waals surface area contributed by atoms with E-state index < -0.39 is 0 Å². The maximum Gasteiger partial charge on any atom is 0.168 e. The summed E-state index contributed by atoms with van der Waals surface area (Å²) in [6.45, 7) is 0.866. The van der Waals surface area contributed by atoms with E-state index in [1.165, 1.54) is 4.90 Å². The quantitative estimate of drug-likeness (QED) is 0.711. The lowest BCUT2D eigenvalue weighted by atomic mass is 10.1. The Hall–Kier alpha value is -1.35. The zero-order valence-corrected chi connectivity index (χ0v) is 9.54. The maximum absolute atomic E-state index is 11.7. The summed E-state index contributed by atoms with van der Waals surface area (Å²) >= 11 is 0. The third-order valence-corrected chi connectivity index (χ3v) is 2.26. The number of nitrogens with one attached hydrogen (secondary N) is 1. The average molecular weight is 208 g/mol. The summed E-state index contributed by atoms with van der Waals surface area (Å²) in [7, 11) is 5.70. The predicted octanol–water partition coefficient (Wildman–Crippen LogP) is 0.413. The van der Waals surface area contributed by atoms with Crippen LogP contribution in [0.25, 0.3) is 0 Å². The van der Waals surface area contributed by atoms with Gasteiger partial charge in [0.1, 0.15) is 5.75 Å². The number of ketones is 1. The third kappa shape index (κ3) is 3.72. The molecule has 1 aromatic rings. The fourth-order valence-corrected chi connectivity index (χ4v) is 1.28. The molecule has 0 amide bonds. The molecule has 0 heterocycles. The number of ether oxygens (including phenoxy) is 1. The van der Waals surface area contributed by atoms with Crippen LogP contribution < -0.4 is 9.64 Å². The molecule has 3 heteroatoms. The molecule has 0 radical (unpaired) electrons. The second-order valence-corrected chi connectivity index (χ2v) is 3.86. The lowest BCUT2D eigenvalue weighted by Gasteiger charge is -2.06. The third-order valence-electron chi connectivity index (χ3n) is 2.26. The van der Waals surface area contributed by atoms with E-state index in [9.17, 15) is 4.79 Å². The summed E-state index contributed by atoms with van der Waals surface area (Å²) in [5, 5.41) is 0. The molecule has 0 aliphatic carbocycles. The molecule has 0 atom stereocenters. The van der Waals surface area contributed by atoms with Crippen LogP contribution in [0.5, 0.6) is 5.75 Å². The van der Waals surface area contributed by atoms with Gasteiger partial charge in [-0.05, 0) is 24.3 Å². The molecule has 0 saturated heterocycles. The first-order chi connectivity index (χ1) is 7.13. The summed E-state index contributed by atoms with van der Waals surface area (Å²) in [5.41, 5.74) is 0.761. The molecule has 3 nitrogen and oxygen atoms in total. The molecule has 0 aliphatic rings. The largest absolute Gasteiger partial charge is 0.497 e. The van der Waals surface area contributed by atoms with Crippen LogP contribution in [0.1, 0.15) is 16.8 Å². The first kappa shape index (κ1) is 11.7. The Labute approximate surface area is 90.7 Å². The number of benzene rings is 1. The molecular formula is C12H18NO2+. The van der Waals surface area contributed by atoms with Crippen molar-refractivity contribution in [3.63, 3.8) is 0 Å². The standard InChI is InChI=1S/C12H17NO2/c1-13(2)9-8-12(14)10-4-6-11(15-3)7-5-10/h4-7H,8-9H2,1-3H3/p+1. The van der Waals surface area contributed by atoms with Gasteiger partial charge in [0.25, 0.3) is 0 Å². The van der Waals surface area contributed by atoms with E-state index in [1.807, 2.05) is 38.4 Å². The minimum absolute atomic E-state index is 0.193. The van der Waals surface area contributed by atoms with Crippen molar-refractivity contribution in [3.05, 3.63) is 29.8 Å². The number of quaternary nitrogens is 1. The normalized spacial score (nSPS) is 10.4. The van der Waals surface area contributed by atoms with Crippen LogP contribution in [0.3, 0.4) is 0 Å². The second kappa shape index (κ2) is 5.51. The van der Waals surface area contributed by atoms with E-state index in [4.69, 9.17) is 4.74 Å². The number of carbonyl (C=O) groups is 1. The number of methoxy groups -OCH3 is 1. The van der Waals surface area contributed by atoms with Crippen molar-refractivity contribution in [1.82, 2.24) is 0 Å². The van der Waals surface area contributed by atoms with Crippen LogP contribution in [0, 0.1) is 0 Å². The van der Waals surface area contributed by atoms with Gasteiger partial charge in [0.2, 0.25) is 0 Å². The molecule has 0 spiro atoms. The molecule has 0 unspecified atom stereocenters. The average Bonchev–Trinajstić information content (AvgIpc) is 2.26. The summed E-state index contributed by atoms with van der Waals surface area (Å²) in [6, 6.07) is 7.25. The lowest BCUT2D eigenvalue weighted by Crippen LogP contribution is -3.05. The van der Waals surface area contributed by atoms with Gasteiger partial charge < -0.3 is 9.64 Å². The minimum Gasteiger partial charge on any atom is -0.497 e. The van der Waals surface area contributed by atoms with Gasteiger partial charge in [-0.2, -0.15) is 0 Å². The van der Waals surface area contributed by atoms with Gasteiger partial charge in [-0.3, -0.25) is 4.79 Å². The lowest BCUT2D eigenvalue weighted by molar-refractivity contribution is -0.857. The van der Waals surface area contributed by atoms with Crippen molar-refractivity contribution in [2.24, 2.45) is 0 Å². The fraction of sp³-hybridized carbons (Fsp3) is 0.417. The number of hydrogen-bond acceptors (Lipinski definition) is 2. The van der Waals surface area contributed by atoms with Gasteiger partial charge in [0.05, 0.1) is 34.2 Å². The fourth-order valence-electron chi connectivity index (χ4n) is 1.28. The Morgan fingerprint density at radius 3 is 2.33 bits per heavy atom. The molecule has 15 heavy (non-hydrogen) atoms. The highest BCUT2D eigenvalue weighted by molar-refractivity contribution is 5.96. The highest BCUT2D eigenvalue weighted by Crippen LogP contribution is 2.12. The summed E-state index contributed by atoms with van der Waals surface area (Å²) in [5.74, 6) is 0.976. The van der Waals surface area contributed by atoms with Crippen molar-refractivity contribution in [2.45, 2.75) is 6.42 Å². The molecule has 0 aliphatic heterocycles. The van der Waals surface area contributed by atoms with Gasteiger partial charge in [-0.25, -0.2) is 0 Å². The molecule has 0 aromatic heterocycles. The summed E-state index contributed by atoms with van der Waals surface area (Å²) in [4.78, 5) is 13.0. The first-order valence-electron chi connectivity index (χ1n) is 5.09. The Morgan fingerprint density at radius 2 is 1.87 bits per heavy atom. The predicted molar refractivity (Wildman–Crippen MR) is 59.6 cm³/mol. The van der Waals surface area contributed by atoms with E-state index >= 15 is 0 Å². The maximum atomic E-state index is 11.7. The first-order valence-corrected chi connectivity index (χ1v) is 5.09. The topological polar surface area (TPSA) is 30.7 Å². The zero-order valence-electron chi connectivity index (χ0n) is 9.54. The van der Waals surface area contributed by atoms with Gasteiger partial charge in [0, 0.05) is 5.56 Å². The zero-order chi connectivity index (χ0) is 11.3. The van der Waals surface area contributed by atoms with Crippen LogP contribution in [0.4, 0.5) is 0 Å². The van der Waals surface area contributed by atoms with Crippen LogP contribution in [0.2, 0.25) is 0 Å². The van der Waals surface area contributed by atoms with Gasteiger partial charge in [0.15, 0.2) is 5.78 Å². The van der Waals surface area contributed by atoms with E-state index in [0.717, 1.165) is 17.9 Å². The van der Waals surface area contributed by atoms with Crippen LogP contribution in [-0.2, 0) is 0 Å². The number of hydrogen-bond donors (Lipinski definition) is 1. The monoisotopic (exact) mass is 208 g/mol. The molecular weight excluding hydrogens is 190 g/mol. The van der Waals surface area contributed by atoms with E-state index in [0.29, 0.717) is 6.42 Å². The van der Waals surface area contributed by atoms with Crippen molar-refractivity contribution < 1.29 is 14.4 Å². The van der Waals surface area contributed by atoms with Crippen LogP contribution >= 0.6 is 0 Å². The number of carbonyl (C=O) groups excluding carboxylic acids is 1. The summed E-state index contributed by atoms with van der Waals surface area (Å²) < 4.78 is 5.03. The smallest absolute Gasteiger partial charge is 0.168 e. The molecule has 1 rings (SSSR count). The van der Waals surface area contributed by atoms with Crippen molar-refractivity contribution in [3.8, 4) is 5.75 Å². The van der Waals surface area contributed by atoms with Gasteiger partial charge in [-0.1, -0.05) is 0 Å². The second-order valence-electron chi connectivity index (χ2n) is 3.86.